The maximum absolute atomic E-state index is 12.0. The average Bonchev–Trinajstić information content (AvgIpc) is 2.98. The van der Waals surface area contributed by atoms with Crippen LogP contribution < -0.4 is 5.32 Å². The molecule has 1 aliphatic heterocycles. The molecule has 2 N–H and O–H groups in total. The van der Waals surface area contributed by atoms with Gasteiger partial charge in [0, 0.05) is 12.4 Å². The summed E-state index contributed by atoms with van der Waals surface area (Å²) in [6.45, 7) is 2.62. The molecule has 1 amide bonds. The predicted octanol–water partition coefficient (Wildman–Crippen LogP) is 1.28. The van der Waals surface area contributed by atoms with Crippen molar-refractivity contribution < 1.29 is 29.1 Å². The number of rotatable bonds is 9. The minimum atomic E-state index is -0.839. The fourth-order valence-corrected chi connectivity index (χ4v) is 2.63. The van der Waals surface area contributed by atoms with Gasteiger partial charge in [0.25, 0.3) is 0 Å². The fourth-order valence-electron chi connectivity index (χ4n) is 2.63. The Morgan fingerprint density at radius 3 is 2.88 bits per heavy atom. The van der Waals surface area contributed by atoms with Gasteiger partial charge in [-0.2, -0.15) is 0 Å². The van der Waals surface area contributed by atoms with E-state index in [-0.39, 0.29) is 13.2 Å². The van der Waals surface area contributed by atoms with E-state index < -0.39 is 30.3 Å². The lowest BCUT2D eigenvalue weighted by molar-refractivity contribution is -0.294. The number of aliphatic hydroxyl groups excluding tert-OH is 1. The van der Waals surface area contributed by atoms with E-state index in [1.54, 1.807) is 6.92 Å². The zero-order valence-electron chi connectivity index (χ0n) is 14.3. The maximum atomic E-state index is 12.0. The van der Waals surface area contributed by atoms with Crippen molar-refractivity contribution in [3.63, 3.8) is 0 Å². The number of amides is 1. The lowest BCUT2D eigenvalue weighted by atomic mass is 9.94. The number of carbonyl (C=O) groups excluding carboxylic acids is 1. The highest BCUT2D eigenvalue weighted by molar-refractivity contribution is 6.11. The normalized spacial score (nSPS) is 24.0. The van der Waals surface area contributed by atoms with Crippen LogP contribution >= 0.6 is 0 Å². The third kappa shape index (κ3) is 6.66. The second kappa shape index (κ2) is 10.4. The van der Waals surface area contributed by atoms with Gasteiger partial charge in [-0.05, 0) is 18.9 Å². The quantitative estimate of drug-likeness (QED) is 0.302. The van der Waals surface area contributed by atoms with Gasteiger partial charge in [-0.15, -0.1) is 0 Å². The highest BCUT2D eigenvalue weighted by atomic mass is 17.2. The van der Waals surface area contributed by atoms with Crippen LogP contribution in [0.15, 0.2) is 30.3 Å². The Morgan fingerprint density at radius 2 is 2.16 bits per heavy atom. The Balaban J connectivity index is 1.78. The lowest BCUT2D eigenvalue weighted by Gasteiger charge is -2.24. The van der Waals surface area contributed by atoms with Crippen LogP contribution in [0, 0.1) is 0 Å². The standard InChI is InChI=1S/C17H24BNO6/c1-2-23-24-9-8-14(20)16-13(10-15(18)25-16)19-17(21)22-11-12-6-4-3-5-7-12/h3-7,13-16,20H,2,8-11H2,1H3,(H,19,21)/t13?,14-,15+,16-/m0/s1. The first-order valence-corrected chi connectivity index (χ1v) is 8.41. The molecule has 1 saturated heterocycles. The molecule has 1 aliphatic rings. The van der Waals surface area contributed by atoms with Gasteiger partial charge < -0.3 is 19.9 Å². The van der Waals surface area contributed by atoms with E-state index in [1.165, 1.54) is 0 Å². The summed E-state index contributed by atoms with van der Waals surface area (Å²) < 4.78 is 10.7. The number of ether oxygens (including phenoxy) is 2. The third-order valence-corrected chi connectivity index (χ3v) is 3.81. The predicted molar refractivity (Wildman–Crippen MR) is 90.8 cm³/mol. The van der Waals surface area contributed by atoms with Gasteiger partial charge in [0.15, 0.2) is 0 Å². The summed E-state index contributed by atoms with van der Waals surface area (Å²) in [4.78, 5) is 21.6. The van der Waals surface area contributed by atoms with Crippen molar-refractivity contribution in [3.8, 4) is 0 Å². The molecule has 136 valence electrons. The van der Waals surface area contributed by atoms with Crippen LogP contribution in [-0.2, 0) is 25.9 Å². The Morgan fingerprint density at radius 1 is 1.40 bits per heavy atom. The Labute approximate surface area is 148 Å². The second-order valence-corrected chi connectivity index (χ2v) is 5.77. The van der Waals surface area contributed by atoms with Gasteiger partial charge in [-0.1, -0.05) is 30.3 Å². The summed E-state index contributed by atoms with van der Waals surface area (Å²) >= 11 is 0. The second-order valence-electron chi connectivity index (χ2n) is 5.77. The fraction of sp³-hybridized carbons (Fsp3) is 0.588. The first-order valence-electron chi connectivity index (χ1n) is 8.41. The van der Waals surface area contributed by atoms with Gasteiger partial charge in [-0.25, -0.2) is 14.6 Å². The number of hydrogen-bond donors (Lipinski definition) is 2. The van der Waals surface area contributed by atoms with Crippen molar-refractivity contribution in [3.05, 3.63) is 35.9 Å². The summed E-state index contributed by atoms with van der Waals surface area (Å²) in [6.07, 6.45) is -1.34. The molecular formula is C17H24BNO6. The summed E-state index contributed by atoms with van der Waals surface area (Å²) in [5.74, 6) is 0. The topological polar surface area (TPSA) is 86.3 Å². The molecule has 1 aromatic rings. The molecule has 0 saturated carbocycles. The molecule has 0 bridgehead atoms. The molecule has 1 unspecified atom stereocenters. The minimum Gasteiger partial charge on any atom is -0.445 e. The lowest BCUT2D eigenvalue weighted by Crippen LogP contribution is -2.46. The molecule has 8 heteroatoms. The zero-order chi connectivity index (χ0) is 18.1. The molecule has 25 heavy (non-hydrogen) atoms. The van der Waals surface area contributed by atoms with Gasteiger partial charge in [-0.3, -0.25) is 0 Å². The van der Waals surface area contributed by atoms with E-state index in [1.807, 2.05) is 30.3 Å². The van der Waals surface area contributed by atoms with Gasteiger partial charge in [0.2, 0.25) is 0 Å². The van der Waals surface area contributed by atoms with Crippen molar-refractivity contribution in [1.82, 2.24) is 5.32 Å². The van der Waals surface area contributed by atoms with Crippen LogP contribution in [0.25, 0.3) is 0 Å². The maximum Gasteiger partial charge on any atom is 0.407 e. The van der Waals surface area contributed by atoms with Gasteiger partial charge in [0.1, 0.15) is 20.6 Å². The van der Waals surface area contributed by atoms with Crippen molar-refractivity contribution in [2.24, 2.45) is 0 Å². The van der Waals surface area contributed by atoms with Crippen molar-refractivity contribution in [2.75, 3.05) is 13.2 Å². The molecule has 1 fully saturated rings. The Hall–Kier alpha value is -1.61. The van der Waals surface area contributed by atoms with Crippen molar-refractivity contribution in [2.45, 2.75) is 50.6 Å². The number of carbonyl (C=O) groups is 1. The van der Waals surface area contributed by atoms with E-state index in [0.29, 0.717) is 19.4 Å². The van der Waals surface area contributed by atoms with E-state index in [4.69, 9.17) is 27.1 Å². The number of benzene rings is 1. The van der Waals surface area contributed by atoms with Crippen LogP contribution in [0.5, 0.6) is 0 Å². The monoisotopic (exact) mass is 349 g/mol. The van der Waals surface area contributed by atoms with Crippen LogP contribution in [0.2, 0.25) is 0 Å². The molecule has 0 aromatic heterocycles. The summed E-state index contributed by atoms with van der Waals surface area (Å²) in [5.41, 5.74) is 0.890. The number of nitrogens with one attached hydrogen (secondary N) is 1. The Kier molecular flexibility index (Phi) is 8.20. The summed E-state index contributed by atoms with van der Waals surface area (Å²) in [6, 6.07) is 8.39. The van der Waals surface area contributed by atoms with E-state index in [9.17, 15) is 9.90 Å². The molecule has 2 rings (SSSR count). The van der Waals surface area contributed by atoms with Gasteiger partial charge in [0.05, 0.1) is 25.4 Å². The van der Waals surface area contributed by atoms with Crippen LogP contribution in [0.4, 0.5) is 4.79 Å². The van der Waals surface area contributed by atoms with E-state index in [0.717, 1.165) is 5.56 Å². The number of hydrogen-bond acceptors (Lipinski definition) is 6. The highest BCUT2D eigenvalue weighted by Crippen LogP contribution is 2.23. The highest BCUT2D eigenvalue weighted by Gasteiger charge is 2.38. The van der Waals surface area contributed by atoms with Crippen molar-refractivity contribution in [1.29, 1.82) is 0 Å². The smallest absolute Gasteiger partial charge is 0.407 e. The molecule has 7 nitrogen and oxygen atoms in total. The number of alkyl carbamates (subject to hydrolysis) is 1. The minimum absolute atomic E-state index is 0.168. The SMILES string of the molecule is [B][C@H]1CC(NC(=O)OCc2ccccc2)[C@@H]([C@@H](O)CCOOCC)O1. The molecule has 1 aromatic carbocycles. The molecule has 0 aliphatic carbocycles. The summed E-state index contributed by atoms with van der Waals surface area (Å²) in [7, 11) is 5.79. The first-order chi connectivity index (χ1) is 12.1. The van der Waals surface area contributed by atoms with Crippen molar-refractivity contribution >= 4 is 13.9 Å². The number of aliphatic hydroxyl groups is 1. The molecule has 4 atom stereocenters. The molecular weight excluding hydrogens is 325 g/mol. The molecule has 2 radical (unpaired) electrons. The zero-order valence-corrected chi connectivity index (χ0v) is 14.3. The third-order valence-electron chi connectivity index (χ3n) is 3.81. The van der Waals surface area contributed by atoms with E-state index >= 15 is 0 Å². The van der Waals surface area contributed by atoms with Crippen LogP contribution in [0.1, 0.15) is 25.3 Å². The van der Waals surface area contributed by atoms with Gasteiger partial charge >= 0.3 is 6.09 Å². The first kappa shape index (κ1) is 19.7. The van der Waals surface area contributed by atoms with E-state index in [2.05, 4.69) is 5.32 Å². The molecule has 1 heterocycles. The van der Waals surface area contributed by atoms with Crippen LogP contribution in [0.3, 0.4) is 0 Å². The Bertz CT molecular complexity index is 517. The molecule has 0 spiro atoms. The largest absolute Gasteiger partial charge is 0.445 e. The summed E-state index contributed by atoms with van der Waals surface area (Å²) in [5, 5.41) is 13.0. The van der Waals surface area contributed by atoms with Crippen LogP contribution in [-0.4, -0.2) is 56.5 Å². The average molecular weight is 349 g/mol.